The van der Waals surface area contributed by atoms with Crippen LogP contribution in [0.1, 0.15) is 19.3 Å². The van der Waals surface area contributed by atoms with Crippen LogP contribution in [-0.2, 0) is 9.53 Å². The van der Waals surface area contributed by atoms with Gasteiger partial charge in [-0.3, -0.25) is 4.79 Å². The molecule has 0 aliphatic heterocycles. The summed E-state index contributed by atoms with van der Waals surface area (Å²) in [7, 11) is 0. The summed E-state index contributed by atoms with van der Waals surface area (Å²) in [6.07, 6.45) is 11.7. The van der Waals surface area contributed by atoms with Crippen LogP contribution in [0.5, 0.6) is 0 Å². The lowest BCUT2D eigenvalue weighted by Crippen LogP contribution is -2.08. The van der Waals surface area contributed by atoms with Crippen molar-refractivity contribution in [2.75, 3.05) is 6.61 Å². The van der Waals surface area contributed by atoms with Crippen molar-refractivity contribution >= 4 is 5.97 Å². The van der Waals surface area contributed by atoms with Crippen molar-refractivity contribution in [2.24, 2.45) is 5.92 Å². The van der Waals surface area contributed by atoms with Gasteiger partial charge in [-0.25, -0.2) is 0 Å². The molecular weight excluding hydrogens is 152 g/mol. The molecule has 0 unspecified atom stereocenters. The first-order valence-corrected chi connectivity index (χ1v) is 4.08. The zero-order valence-corrected chi connectivity index (χ0v) is 6.95. The van der Waals surface area contributed by atoms with E-state index in [2.05, 4.69) is 18.1 Å². The zero-order valence-electron chi connectivity index (χ0n) is 6.95. The van der Waals surface area contributed by atoms with Crippen molar-refractivity contribution in [3.05, 3.63) is 12.2 Å². The highest BCUT2D eigenvalue weighted by Crippen LogP contribution is 2.20. The molecule has 2 heteroatoms. The molecule has 0 N–H and O–H groups in total. The summed E-state index contributed by atoms with van der Waals surface area (Å²) in [6.45, 7) is 0.0925. The van der Waals surface area contributed by atoms with E-state index in [1.54, 1.807) is 0 Å². The summed E-state index contributed by atoms with van der Waals surface area (Å²) in [5.41, 5.74) is 0. The largest absolute Gasteiger partial charge is 0.452 e. The lowest BCUT2D eigenvalue weighted by Gasteiger charge is -2.05. The second-order valence-electron chi connectivity index (χ2n) is 2.83. The van der Waals surface area contributed by atoms with Crippen molar-refractivity contribution in [2.45, 2.75) is 19.3 Å². The summed E-state index contributed by atoms with van der Waals surface area (Å²) in [6, 6.07) is 0. The van der Waals surface area contributed by atoms with Gasteiger partial charge in [0, 0.05) is 0 Å². The topological polar surface area (TPSA) is 26.3 Å². The minimum atomic E-state index is -0.190. The fourth-order valence-electron chi connectivity index (χ4n) is 1.26. The molecule has 0 radical (unpaired) electrons. The molecule has 0 heterocycles. The Morgan fingerprint density at radius 1 is 1.75 bits per heavy atom. The van der Waals surface area contributed by atoms with Gasteiger partial charge >= 0.3 is 5.97 Å². The molecule has 0 aromatic rings. The third-order valence-electron chi connectivity index (χ3n) is 1.86. The van der Waals surface area contributed by atoms with Crippen LogP contribution in [0.25, 0.3) is 0 Å². The molecule has 0 saturated carbocycles. The molecule has 0 aromatic heterocycles. The Labute approximate surface area is 72.6 Å². The van der Waals surface area contributed by atoms with Gasteiger partial charge in [0.2, 0.25) is 0 Å². The van der Waals surface area contributed by atoms with Gasteiger partial charge in [0.25, 0.3) is 0 Å². The maximum Gasteiger partial charge on any atom is 0.307 e. The third-order valence-corrected chi connectivity index (χ3v) is 1.86. The minimum Gasteiger partial charge on any atom is -0.452 e. The lowest BCUT2D eigenvalue weighted by atomic mass is 10.1. The quantitative estimate of drug-likeness (QED) is 0.359. The Bertz CT molecular complexity index is 222. The molecule has 2 nitrogen and oxygen atoms in total. The highest BCUT2D eigenvalue weighted by molar-refractivity contribution is 5.70. The maximum absolute atomic E-state index is 11.0. The summed E-state index contributed by atoms with van der Waals surface area (Å²) in [5.74, 6) is 2.44. The molecule has 0 saturated heterocycles. The molecule has 1 rings (SSSR count). The summed E-state index contributed by atoms with van der Waals surface area (Å²) in [5, 5.41) is 0. The van der Waals surface area contributed by atoms with E-state index in [4.69, 9.17) is 11.2 Å². The molecule has 1 atom stereocenters. The summed E-state index contributed by atoms with van der Waals surface area (Å²) >= 11 is 0. The number of allylic oxidation sites excluding steroid dienone is 2. The first-order chi connectivity index (χ1) is 5.83. The molecule has 1 aliphatic rings. The van der Waals surface area contributed by atoms with Gasteiger partial charge in [-0.2, -0.15) is 0 Å². The fourth-order valence-corrected chi connectivity index (χ4v) is 1.26. The number of ether oxygens (including phenoxy) is 1. The number of terminal acetylenes is 1. The van der Waals surface area contributed by atoms with Crippen molar-refractivity contribution < 1.29 is 9.53 Å². The van der Waals surface area contributed by atoms with Crippen LogP contribution >= 0.6 is 0 Å². The molecule has 64 valence electrons. The van der Waals surface area contributed by atoms with E-state index in [-0.39, 0.29) is 12.6 Å². The van der Waals surface area contributed by atoms with Gasteiger partial charge in [0.1, 0.15) is 0 Å². The Balaban J connectivity index is 2.18. The van der Waals surface area contributed by atoms with E-state index in [9.17, 15) is 4.79 Å². The van der Waals surface area contributed by atoms with Crippen LogP contribution in [0.15, 0.2) is 12.2 Å². The Hall–Kier alpha value is -1.23. The fraction of sp³-hybridized carbons (Fsp3) is 0.500. The smallest absolute Gasteiger partial charge is 0.307 e. The average Bonchev–Trinajstić information content (AvgIpc) is 2.53. The van der Waals surface area contributed by atoms with Gasteiger partial charge in [0.05, 0.1) is 6.42 Å². The van der Waals surface area contributed by atoms with E-state index in [1.165, 1.54) is 0 Å². The highest BCUT2D eigenvalue weighted by Gasteiger charge is 2.14. The van der Waals surface area contributed by atoms with Crippen LogP contribution in [0.2, 0.25) is 0 Å². The number of carbonyl (C=O) groups excluding carboxylic acids is 1. The maximum atomic E-state index is 11.0. The Morgan fingerprint density at radius 2 is 2.58 bits per heavy atom. The second kappa shape index (κ2) is 4.61. The van der Waals surface area contributed by atoms with E-state index < -0.39 is 0 Å². The zero-order chi connectivity index (χ0) is 8.81. The van der Waals surface area contributed by atoms with Crippen molar-refractivity contribution in [1.29, 1.82) is 0 Å². The molecule has 0 bridgehead atoms. The van der Waals surface area contributed by atoms with E-state index >= 15 is 0 Å². The molecule has 0 spiro atoms. The van der Waals surface area contributed by atoms with Gasteiger partial charge in [-0.15, -0.1) is 6.42 Å². The number of rotatable bonds is 3. The molecular formula is C10H12O2. The van der Waals surface area contributed by atoms with Crippen LogP contribution < -0.4 is 0 Å². The first-order valence-electron chi connectivity index (χ1n) is 4.08. The standard InChI is InChI=1S/C10H12O2/c1-2-7-12-10(11)8-9-5-3-4-6-9/h1,3,5,9H,4,6-8H2/t9-/m0/s1. The molecule has 0 amide bonds. The lowest BCUT2D eigenvalue weighted by molar-refractivity contribution is -0.142. The van der Waals surface area contributed by atoms with Crippen molar-refractivity contribution in [3.63, 3.8) is 0 Å². The number of hydrogen-bond acceptors (Lipinski definition) is 2. The molecule has 0 aromatic carbocycles. The average molecular weight is 164 g/mol. The van der Waals surface area contributed by atoms with Crippen molar-refractivity contribution in [1.82, 2.24) is 0 Å². The number of carbonyl (C=O) groups is 1. The van der Waals surface area contributed by atoms with Crippen LogP contribution in [0.3, 0.4) is 0 Å². The molecule has 0 fully saturated rings. The van der Waals surface area contributed by atoms with E-state index in [0.29, 0.717) is 12.3 Å². The van der Waals surface area contributed by atoms with Gasteiger partial charge in [-0.1, -0.05) is 18.1 Å². The van der Waals surface area contributed by atoms with Gasteiger partial charge in [0.15, 0.2) is 6.61 Å². The monoisotopic (exact) mass is 164 g/mol. The summed E-state index contributed by atoms with van der Waals surface area (Å²) in [4.78, 5) is 11.0. The highest BCUT2D eigenvalue weighted by atomic mass is 16.5. The minimum absolute atomic E-state index is 0.0925. The SMILES string of the molecule is C#CCOC(=O)C[C@H]1C=CCC1. The van der Waals surface area contributed by atoms with Gasteiger partial charge in [-0.05, 0) is 18.8 Å². The predicted molar refractivity (Wildman–Crippen MR) is 46.3 cm³/mol. The first kappa shape index (κ1) is 8.86. The van der Waals surface area contributed by atoms with E-state index in [0.717, 1.165) is 12.8 Å². The van der Waals surface area contributed by atoms with Crippen LogP contribution in [-0.4, -0.2) is 12.6 Å². The number of hydrogen-bond donors (Lipinski definition) is 0. The van der Waals surface area contributed by atoms with E-state index in [1.807, 2.05) is 0 Å². The van der Waals surface area contributed by atoms with Crippen molar-refractivity contribution in [3.8, 4) is 12.3 Å². The van der Waals surface area contributed by atoms with Gasteiger partial charge < -0.3 is 4.74 Å². The Morgan fingerprint density at radius 3 is 3.17 bits per heavy atom. The normalized spacial score (nSPS) is 20.4. The Kier molecular flexibility index (Phi) is 3.40. The summed E-state index contributed by atoms with van der Waals surface area (Å²) < 4.78 is 4.74. The predicted octanol–water partition coefficient (Wildman–Crippen LogP) is 1.52. The molecule has 1 aliphatic carbocycles. The third kappa shape index (κ3) is 2.79. The van der Waals surface area contributed by atoms with Crippen LogP contribution in [0, 0.1) is 18.3 Å². The second-order valence-corrected chi connectivity index (χ2v) is 2.83. The van der Waals surface area contributed by atoms with Crippen LogP contribution in [0.4, 0.5) is 0 Å². The molecule has 12 heavy (non-hydrogen) atoms. The number of esters is 1.